The first-order chi connectivity index (χ1) is 19.9. The van der Waals surface area contributed by atoms with Gasteiger partial charge in [-0.05, 0) is 82.3 Å². The van der Waals surface area contributed by atoms with Gasteiger partial charge >= 0.3 is 6.03 Å². The van der Waals surface area contributed by atoms with Crippen LogP contribution >= 0.6 is 0 Å². The van der Waals surface area contributed by atoms with E-state index in [9.17, 15) is 4.79 Å². The molecule has 2 atom stereocenters. The molecule has 3 aromatic rings. The Kier molecular flexibility index (Phi) is 7.93. The van der Waals surface area contributed by atoms with Crippen molar-refractivity contribution in [3.05, 3.63) is 54.6 Å². The van der Waals surface area contributed by atoms with Crippen molar-refractivity contribution in [3.63, 3.8) is 0 Å². The summed E-state index contributed by atoms with van der Waals surface area (Å²) < 4.78 is 6.03. The molecule has 3 saturated heterocycles. The lowest BCUT2D eigenvalue weighted by Gasteiger charge is -2.34. The minimum Gasteiger partial charge on any atom is -0.371 e. The lowest BCUT2D eigenvalue weighted by molar-refractivity contribution is 0.0302. The molecular weight excluding hydrogens is 516 g/mol. The van der Waals surface area contributed by atoms with Gasteiger partial charge in [-0.25, -0.2) is 14.8 Å². The number of ether oxygens (including phenoxy) is 1. The Labute approximate surface area is 242 Å². The van der Waals surface area contributed by atoms with Crippen molar-refractivity contribution in [2.75, 3.05) is 72.1 Å². The zero-order valence-electron chi connectivity index (χ0n) is 24.1. The van der Waals surface area contributed by atoms with E-state index in [0.29, 0.717) is 11.5 Å². The number of hydrogen-bond acceptors (Lipinski definition) is 8. The van der Waals surface area contributed by atoms with E-state index < -0.39 is 0 Å². The van der Waals surface area contributed by atoms with Crippen LogP contribution in [-0.2, 0) is 4.74 Å². The molecule has 0 radical (unpaired) electrons. The van der Waals surface area contributed by atoms with Crippen LogP contribution in [0, 0.1) is 0 Å². The number of nitrogens with zero attached hydrogens (tertiary/aromatic N) is 5. The standard InChI is InChI=1S/C31H40N8O2/c1-21(2)32-28-18-29(39-19-26-12-13-27(20-39)41-26)36-30(35-28)22-4-6-23(7-5-22)33-31(40)34-24-8-10-25(11-9-24)38-16-14-37(3)15-17-38/h4-11,18,21,26-27H,12-17,19-20H2,1-3H3,(H,32,35,36)(H2,33,34,40). The minimum absolute atomic E-state index is 0.250. The van der Waals surface area contributed by atoms with Gasteiger partial charge in [0, 0.05) is 74.0 Å². The van der Waals surface area contributed by atoms with E-state index in [-0.39, 0.29) is 24.3 Å². The van der Waals surface area contributed by atoms with E-state index >= 15 is 0 Å². The van der Waals surface area contributed by atoms with E-state index in [4.69, 9.17) is 14.7 Å². The molecule has 0 aliphatic carbocycles. The number of nitrogens with one attached hydrogen (secondary N) is 3. The van der Waals surface area contributed by atoms with Crippen LogP contribution in [0.4, 0.5) is 33.5 Å². The van der Waals surface area contributed by atoms with Gasteiger partial charge in [-0.15, -0.1) is 0 Å². The van der Waals surface area contributed by atoms with Gasteiger partial charge in [0.05, 0.1) is 12.2 Å². The highest BCUT2D eigenvalue weighted by Gasteiger charge is 2.34. The molecular formula is C31H40N8O2. The molecule has 1 aromatic heterocycles. The Hall–Kier alpha value is -3.89. The van der Waals surface area contributed by atoms with Gasteiger partial charge in [0.15, 0.2) is 5.82 Å². The predicted molar refractivity (Wildman–Crippen MR) is 165 cm³/mol. The number of urea groups is 1. The molecule has 2 bridgehead atoms. The predicted octanol–water partition coefficient (Wildman–Crippen LogP) is 4.73. The molecule has 0 spiro atoms. The van der Waals surface area contributed by atoms with Gasteiger partial charge in [0.25, 0.3) is 0 Å². The molecule has 10 heteroatoms. The summed E-state index contributed by atoms with van der Waals surface area (Å²) in [4.78, 5) is 29.5. The maximum atomic E-state index is 12.7. The van der Waals surface area contributed by atoms with E-state index in [0.717, 1.165) is 75.0 Å². The van der Waals surface area contributed by atoms with Gasteiger partial charge < -0.3 is 35.4 Å². The summed E-state index contributed by atoms with van der Waals surface area (Å²) in [7, 11) is 2.15. The Morgan fingerprint density at radius 2 is 1.46 bits per heavy atom. The highest BCUT2D eigenvalue weighted by atomic mass is 16.5. The average Bonchev–Trinajstić information content (AvgIpc) is 3.30. The highest BCUT2D eigenvalue weighted by Crippen LogP contribution is 2.31. The molecule has 3 fully saturated rings. The average molecular weight is 557 g/mol. The van der Waals surface area contributed by atoms with E-state index in [1.807, 2.05) is 42.5 Å². The van der Waals surface area contributed by atoms with Crippen LogP contribution in [0.2, 0.25) is 0 Å². The van der Waals surface area contributed by atoms with Gasteiger partial charge in [-0.2, -0.15) is 0 Å². The first-order valence-corrected chi connectivity index (χ1v) is 14.7. The third-order valence-electron chi connectivity index (χ3n) is 7.91. The smallest absolute Gasteiger partial charge is 0.323 e. The summed E-state index contributed by atoms with van der Waals surface area (Å²) in [6, 6.07) is 17.7. The lowest BCUT2D eigenvalue weighted by atomic mass is 10.2. The molecule has 3 aliphatic rings. The number of aromatic nitrogens is 2. The minimum atomic E-state index is -0.284. The van der Waals surface area contributed by atoms with Crippen LogP contribution in [0.1, 0.15) is 26.7 Å². The second-order valence-electron chi connectivity index (χ2n) is 11.6. The van der Waals surface area contributed by atoms with Crippen molar-refractivity contribution >= 4 is 34.7 Å². The zero-order chi connectivity index (χ0) is 28.3. The topological polar surface area (TPSA) is 97.9 Å². The fourth-order valence-electron chi connectivity index (χ4n) is 5.71. The normalized spacial score (nSPS) is 20.8. The number of carbonyl (C=O) groups is 1. The van der Waals surface area contributed by atoms with Crippen LogP contribution < -0.4 is 25.8 Å². The molecule has 2 unspecified atom stereocenters. The molecule has 2 aromatic carbocycles. The fourth-order valence-corrected chi connectivity index (χ4v) is 5.71. The van der Waals surface area contributed by atoms with Gasteiger partial charge in [-0.1, -0.05) is 0 Å². The number of amides is 2. The number of hydrogen-bond donors (Lipinski definition) is 3. The third kappa shape index (κ3) is 6.71. The van der Waals surface area contributed by atoms with Crippen LogP contribution in [-0.4, -0.2) is 85.5 Å². The third-order valence-corrected chi connectivity index (χ3v) is 7.91. The number of likely N-dealkylation sites (N-methyl/N-ethyl adjacent to an activating group) is 1. The Morgan fingerprint density at radius 3 is 2.07 bits per heavy atom. The Balaban J connectivity index is 1.10. The van der Waals surface area contributed by atoms with Crippen molar-refractivity contribution < 1.29 is 9.53 Å². The maximum Gasteiger partial charge on any atom is 0.323 e. The quantitative estimate of drug-likeness (QED) is 0.385. The van der Waals surface area contributed by atoms with Gasteiger partial charge in [-0.3, -0.25) is 0 Å². The number of rotatable bonds is 7. The first kappa shape index (κ1) is 27.3. The van der Waals surface area contributed by atoms with Crippen molar-refractivity contribution in [3.8, 4) is 11.4 Å². The van der Waals surface area contributed by atoms with Crippen LogP contribution in [0.15, 0.2) is 54.6 Å². The molecule has 216 valence electrons. The summed E-state index contributed by atoms with van der Waals surface area (Å²) in [6.07, 6.45) is 2.78. The number of morpholine rings is 1. The highest BCUT2D eigenvalue weighted by molar-refractivity contribution is 5.99. The molecule has 10 nitrogen and oxygen atoms in total. The monoisotopic (exact) mass is 556 g/mol. The van der Waals surface area contributed by atoms with Crippen molar-refractivity contribution in [2.24, 2.45) is 0 Å². The number of anilines is 5. The van der Waals surface area contributed by atoms with Gasteiger partial charge in [0.1, 0.15) is 11.6 Å². The summed E-state index contributed by atoms with van der Waals surface area (Å²) in [5.74, 6) is 2.37. The molecule has 4 heterocycles. The molecule has 3 aliphatic heterocycles. The number of piperazine rings is 1. The fraction of sp³-hybridized carbons (Fsp3) is 0.452. The van der Waals surface area contributed by atoms with E-state index in [2.05, 4.69) is 63.7 Å². The largest absolute Gasteiger partial charge is 0.371 e. The van der Waals surface area contributed by atoms with Gasteiger partial charge in [0.2, 0.25) is 0 Å². The molecule has 6 rings (SSSR count). The summed E-state index contributed by atoms with van der Waals surface area (Å²) >= 11 is 0. The molecule has 0 saturated carbocycles. The zero-order valence-corrected chi connectivity index (χ0v) is 24.1. The number of carbonyl (C=O) groups excluding carboxylic acids is 1. The SMILES string of the molecule is CC(C)Nc1cc(N2CC3CCC(C2)O3)nc(-c2ccc(NC(=O)Nc3ccc(N4CCN(C)CC4)cc3)cc2)n1. The van der Waals surface area contributed by atoms with Crippen molar-refractivity contribution in [1.82, 2.24) is 14.9 Å². The van der Waals surface area contributed by atoms with Crippen molar-refractivity contribution in [1.29, 1.82) is 0 Å². The second-order valence-corrected chi connectivity index (χ2v) is 11.6. The number of fused-ring (bicyclic) bond motifs is 2. The maximum absolute atomic E-state index is 12.7. The van der Waals surface area contributed by atoms with Crippen LogP contribution in [0.3, 0.4) is 0 Å². The summed E-state index contributed by atoms with van der Waals surface area (Å²) in [5.41, 5.74) is 3.52. The second kappa shape index (κ2) is 11.9. The number of benzene rings is 2. The molecule has 2 amide bonds. The van der Waals surface area contributed by atoms with Crippen LogP contribution in [0.5, 0.6) is 0 Å². The van der Waals surface area contributed by atoms with Crippen molar-refractivity contribution in [2.45, 2.75) is 44.9 Å². The van der Waals surface area contributed by atoms with E-state index in [1.165, 1.54) is 5.69 Å². The Morgan fingerprint density at radius 1 is 0.854 bits per heavy atom. The molecule has 41 heavy (non-hydrogen) atoms. The Bertz CT molecular complexity index is 1330. The van der Waals surface area contributed by atoms with E-state index in [1.54, 1.807) is 0 Å². The summed E-state index contributed by atoms with van der Waals surface area (Å²) in [6.45, 7) is 10.0. The summed E-state index contributed by atoms with van der Waals surface area (Å²) in [5, 5.41) is 9.30. The lowest BCUT2D eigenvalue weighted by Crippen LogP contribution is -2.44. The first-order valence-electron chi connectivity index (χ1n) is 14.7. The van der Waals surface area contributed by atoms with Crippen LogP contribution in [0.25, 0.3) is 11.4 Å². The molecule has 3 N–H and O–H groups in total.